The molecule has 7 nitrogen and oxygen atoms in total. The fraction of sp³-hybridized carbons (Fsp3) is 0.212. The number of methoxy groups -OCH3 is 1. The molecule has 1 N–H and O–H groups in total. The fourth-order valence-corrected chi connectivity index (χ4v) is 4.77. The van der Waals surface area contributed by atoms with Crippen LogP contribution in [0.3, 0.4) is 0 Å². The standard InChI is InChI=1S/C33H32N4O3/c1-21(2)25-7-5-8-26(17-25)22(3)36-32(38)27-14-15-30-29(18-27)35-20-37(30)19-23-10-12-24(13-11-23)28-9-6-16-34-31(28)33(39)40-4/h5-18,20-22H,19H2,1-4H3,(H,36,38). The summed E-state index contributed by atoms with van der Waals surface area (Å²) in [6, 6.07) is 25.5. The fourth-order valence-electron chi connectivity index (χ4n) is 4.77. The molecule has 0 aliphatic heterocycles. The normalized spacial score (nSPS) is 11.9. The van der Waals surface area contributed by atoms with E-state index in [2.05, 4.69) is 45.8 Å². The van der Waals surface area contributed by atoms with Crippen LogP contribution < -0.4 is 5.32 Å². The molecule has 0 radical (unpaired) electrons. The summed E-state index contributed by atoms with van der Waals surface area (Å²) in [5.74, 6) is -0.164. The predicted molar refractivity (Wildman–Crippen MR) is 156 cm³/mol. The minimum atomic E-state index is -0.465. The number of imidazole rings is 1. The molecule has 1 amide bonds. The second-order valence-electron chi connectivity index (χ2n) is 10.2. The van der Waals surface area contributed by atoms with E-state index in [9.17, 15) is 9.59 Å². The van der Waals surface area contributed by atoms with Crippen molar-refractivity contribution >= 4 is 22.9 Å². The number of hydrogen-bond acceptors (Lipinski definition) is 5. The first-order chi connectivity index (χ1) is 19.3. The Morgan fingerprint density at radius 1 is 0.900 bits per heavy atom. The van der Waals surface area contributed by atoms with Crippen molar-refractivity contribution in [2.45, 2.75) is 39.3 Å². The van der Waals surface area contributed by atoms with Crippen LogP contribution in [0, 0.1) is 0 Å². The molecule has 2 heterocycles. The van der Waals surface area contributed by atoms with E-state index in [1.54, 1.807) is 18.6 Å². The SMILES string of the molecule is COC(=O)c1ncccc1-c1ccc(Cn2cnc3cc(C(=O)NC(C)c4cccc(C(C)C)c4)ccc32)cc1. The third-order valence-electron chi connectivity index (χ3n) is 7.11. The van der Waals surface area contributed by atoms with Crippen LogP contribution in [-0.4, -0.2) is 33.5 Å². The van der Waals surface area contributed by atoms with Crippen LogP contribution in [0.5, 0.6) is 0 Å². The number of benzene rings is 3. The van der Waals surface area contributed by atoms with Crippen molar-refractivity contribution in [3.63, 3.8) is 0 Å². The molecule has 5 rings (SSSR count). The molecule has 3 aromatic carbocycles. The third kappa shape index (κ3) is 5.64. The Balaban J connectivity index is 1.30. The Hall–Kier alpha value is -4.78. The number of amides is 1. The second kappa shape index (κ2) is 11.5. The van der Waals surface area contributed by atoms with Gasteiger partial charge >= 0.3 is 5.97 Å². The minimum absolute atomic E-state index is 0.113. The monoisotopic (exact) mass is 532 g/mol. The number of nitrogens with zero attached hydrogens (tertiary/aromatic N) is 3. The Bertz CT molecular complexity index is 1670. The van der Waals surface area contributed by atoms with E-state index in [0.717, 1.165) is 33.3 Å². The van der Waals surface area contributed by atoms with Gasteiger partial charge in [0.15, 0.2) is 5.69 Å². The number of nitrogens with one attached hydrogen (secondary N) is 1. The first kappa shape index (κ1) is 26.8. The van der Waals surface area contributed by atoms with Gasteiger partial charge in [-0.25, -0.2) is 14.8 Å². The number of pyridine rings is 1. The topological polar surface area (TPSA) is 86.1 Å². The van der Waals surface area contributed by atoms with Crippen molar-refractivity contribution in [3.05, 3.63) is 119 Å². The average Bonchev–Trinajstić information content (AvgIpc) is 3.38. The summed E-state index contributed by atoms with van der Waals surface area (Å²) in [5.41, 5.74) is 7.59. The molecule has 0 aliphatic rings. The summed E-state index contributed by atoms with van der Waals surface area (Å²) in [7, 11) is 1.35. The highest BCUT2D eigenvalue weighted by Gasteiger charge is 2.16. The van der Waals surface area contributed by atoms with Crippen LogP contribution in [0.15, 0.2) is 91.4 Å². The van der Waals surface area contributed by atoms with Gasteiger partial charge < -0.3 is 14.6 Å². The first-order valence-electron chi connectivity index (χ1n) is 13.3. The number of hydrogen-bond donors (Lipinski definition) is 1. The van der Waals surface area contributed by atoms with Crippen LogP contribution in [0.25, 0.3) is 22.2 Å². The maximum atomic E-state index is 13.0. The highest BCUT2D eigenvalue weighted by atomic mass is 16.5. The van der Waals surface area contributed by atoms with Gasteiger partial charge in [-0.15, -0.1) is 0 Å². The molecule has 7 heteroatoms. The maximum absolute atomic E-state index is 13.0. The van der Waals surface area contributed by atoms with Crippen molar-refractivity contribution in [1.82, 2.24) is 19.9 Å². The number of rotatable bonds is 8. The van der Waals surface area contributed by atoms with E-state index in [1.165, 1.54) is 12.7 Å². The molecule has 0 saturated carbocycles. The van der Waals surface area contributed by atoms with E-state index in [0.29, 0.717) is 18.0 Å². The number of carbonyl (C=O) groups is 2. The van der Waals surface area contributed by atoms with Gasteiger partial charge in [0.25, 0.3) is 5.91 Å². The zero-order chi connectivity index (χ0) is 28.2. The highest BCUT2D eigenvalue weighted by molar-refractivity contribution is 5.97. The van der Waals surface area contributed by atoms with Crippen molar-refractivity contribution in [2.75, 3.05) is 7.11 Å². The summed E-state index contributed by atoms with van der Waals surface area (Å²) < 4.78 is 6.92. The lowest BCUT2D eigenvalue weighted by molar-refractivity contribution is 0.0595. The lowest BCUT2D eigenvalue weighted by atomic mass is 9.98. The molecular formula is C33H32N4O3. The number of carbonyl (C=O) groups excluding carboxylic acids is 2. The highest BCUT2D eigenvalue weighted by Crippen LogP contribution is 2.25. The molecule has 5 aromatic rings. The first-order valence-corrected chi connectivity index (χ1v) is 13.3. The smallest absolute Gasteiger partial charge is 0.357 e. The summed E-state index contributed by atoms with van der Waals surface area (Å²) in [4.78, 5) is 33.9. The molecule has 0 aliphatic carbocycles. The van der Waals surface area contributed by atoms with E-state index in [-0.39, 0.29) is 17.6 Å². The van der Waals surface area contributed by atoms with Crippen molar-refractivity contribution in [2.24, 2.45) is 0 Å². The average molecular weight is 533 g/mol. The predicted octanol–water partition coefficient (Wildman–Crippen LogP) is 6.55. The lowest BCUT2D eigenvalue weighted by Gasteiger charge is -2.16. The summed E-state index contributed by atoms with van der Waals surface area (Å²) in [6.45, 7) is 6.94. The molecular weight excluding hydrogens is 500 g/mol. The van der Waals surface area contributed by atoms with Crippen LogP contribution >= 0.6 is 0 Å². The summed E-state index contributed by atoms with van der Waals surface area (Å²) >= 11 is 0. The summed E-state index contributed by atoms with van der Waals surface area (Å²) in [6.07, 6.45) is 3.37. The van der Waals surface area contributed by atoms with E-state index in [1.807, 2.05) is 67.6 Å². The maximum Gasteiger partial charge on any atom is 0.357 e. The van der Waals surface area contributed by atoms with Gasteiger partial charge in [0, 0.05) is 23.9 Å². The zero-order valence-corrected chi connectivity index (χ0v) is 23.1. The molecule has 0 spiro atoms. The van der Waals surface area contributed by atoms with E-state index >= 15 is 0 Å². The lowest BCUT2D eigenvalue weighted by Crippen LogP contribution is -2.26. The van der Waals surface area contributed by atoms with Gasteiger partial charge in [-0.2, -0.15) is 0 Å². The largest absolute Gasteiger partial charge is 0.464 e. The van der Waals surface area contributed by atoms with Crippen LogP contribution in [-0.2, 0) is 11.3 Å². The van der Waals surface area contributed by atoms with Crippen LogP contribution in [0.4, 0.5) is 0 Å². The second-order valence-corrected chi connectivity index (χ2v) is 10.2. The van der Waals surface area contributed by atoms with Gasteiger partial charge in [0.2, 0.25) is 0 Å². The number of aromatic nitrogens is 3. The quantitative estimate of drug-likeness (QED) is 0.229. The van der Waals surface area contributed by atoms with Gasteiger partial charge in [-0.05, 0) is 59.4 Å². The zero-order valence-electron chi connectivity index (χ0n) is 23.1. The van der Waals surface area contributed by atoms with Gasteiger partial charge in [-0.3, -0.25) is 4.79 Å². The number of fused-ring (bicyclic) bond motifs is 1. The van der Waals surface area contributed by atoms with Crippen molar-refractivity contribution in [1.29, 1.82) is 0 Å². The van der Waals surface area contributed by atoms with Crippen molar-refractivity contribution < 1.29 is 14.3 Å². The molecule has 0 bridgehead atoms. The molecule has 1 atom stereocenters. The van der Waals surface area contributed by atoms with Crippen LogP contribution in [0.2, 0.25) is 0 Å². The Morgan fingerprint density at radius 3 is 2.42 bits per heavy atom. The Morgan fingerprint density at radius 2 is 1.68 bits per heavy atom. The van der Waals surface area contributed by atoms with Gasteiger partial charge in [0.05, 0.1) is 30.5 Å². The van der Waals surface area contributed by atoms with E-state index < -0.39 is 5.97 Å². The third-order valence-corrected chi connectivity index (χ3v) is 7.11. The van der Waals surface area contributed by atoms with E-state index in [4.69, 9.17) is 4.74 Å². The Labute approximate surface area is 233 Å². The van der Waals surface area contributed by atoms with Gasteiger partial charge in [-0.1, -0.05) is 68.4 Å². The minimum Gasteiger partial charge on any atom is -0.464 e. The van der Waals surface area contributed by atoms with Gasteiger partial charge in [0.1, 0.15) is 0 Å². The summed E-state index contributed by atoms with van der Waals surface area (Å²) in [5, 5.41) is 3.12. The molecule has 1 unspecified atom stereocenters. The molecule has 40 heavy (non-hydrogen) atoms. The molecule has 0 fully saturated rings. The van der Waals surface area contributed by atoms with Crippen LogP contribution in [0.1, 0.15) is 70.3 Å². The molecule has 0 saturated heterocycles. The van der Waals surface area contributed by atoms with Crippen molar-refractivity contribution in [3.8, 4) is 11.1 Å². The Kier molecular flexibility index (Phi) is 7.73. The molecule has 202 valence electrons. The molecule has 2 aromatic heterocycles. The number of esters is 1. The number of ether oxygens (including phenoxy) is 1.